The molecule has 0 amide bonds. The van der Waals surface area contributed by atoms with Crippen molar-refractivity contribution in [2.24, 2.45) is 0 Å². The van der Waals surface area contributed by atoms with E-state index in [0.29, 0.717) is 0 Å². The molecule has 0 fully saturated rings. The average Bonchev–Trinajstić information content (AvgIpc) is 2.27. The second kappa shape index (κ2) is 3.98. The summed E-state index contributed by atoms with van der Waals surface area (Å²) in [6, 6.07) is 4.13. The molecule has 0 spiro atoms. The zero-order valence-electron chi connectivity index (χ0n) is 10.3. The molecule has 0 saturated heterocycles. The standard InChI is InChI=1S/C13H18NO2/c1-13(2)10-8-12(16-4)11(15-3)7-9(10)5-6-14-13/h7-8H,5-6H2,1-4H3. The lowest BCUT2D eigenvalue weighted by atomic mass is 9.85. The van der Waals surface area contributed by atoms with Crippen molar-refractivity contribution >= 4 is 0 Å². The molecule has 3 heteroatoms. The van der Waals surface area contributed by atoms with E-state index in [4.69, 9.17) is 9.47 Å². The van der Waals surface area contributed by atoms with Gasteiger partial charge in [-0.1, -0.05) is 0 Å². The van der Waals surface area contributed by atoms with E-state index in [9.17, 15) is 0 Å². The van der Waals surface area contributed by atoms with E-state index in [-0.39, 0.29) is 5.54 Å². The number of benzene rings is 1. The molecule has 0 atom stereocenters. The van der Waals surface area contributed by atoms with Crippen molar-refractivity contribution < 1.29 is 9.47 Å². The van der Waals surface area contributed by atoms with Gasteiger partial charge in [-0.3, -0.25) is 0 Å². The maximum atomic E-state index is 5.33. The summed E-state index contributed by atoms with van der Waals surface area (Å²) >= 11 is 0. The SMILES string of the molecule is COc1cc2c(cc1OC)C(C)(C)[N]CC2. The highest BCUT2D eigenvalue weighted by molar-refractivity contribution is 5.50. The van der Waals surface area contributed by atoms with Gasteiger partial charge in [-0.05, 0) is 43.5 Å². The third-order valence-corrected chi connectivity index (χ3v) is 3.16. The Kier molecular flexibility index (Phi) is 2.80. The summed E-state index contributed by atoms with van der Waals surface area (Å²) in [6.45, 7) is 5.16. The quantitative estimate of drug-likeness (QED) is 0.764. The van der Waals surface area contributed by atoms with Crippen LogP contribution in [0.3, 0.4) is 0 Å². The summed E-state index contributed by atoms with van der Waals surface area (Å²) < 4.78 is 10.6. The van der Waals surface area contributed by atoms with Crippen LogP contribution in [0.5, 0.6) is 11.5 Å². The Labute approximate surface area is 96.8 Å². The van der Waals surface area contributed by atoms with Crippen LogP contribution in [0.15, 0.2) is 12.1 Å². The first-order chi connectivity index (χ1) is 7.58. The van der Waals surface area contributed by atoms with Crippen molar-refractivity contribution in [2.75, 3.05) is 20.8 Å². The fraction of sp³-hybridized carbons (Fsp3) is 0.538. The predicted octanol–water partition coefficient (Wildman–Crippen LogP) is 2.10. The topological polar surface area (TPSA) is 32.6 Å². The van der Waals surface area contributed by atoms with E-state index in [1.165, 1.54) is 11.1 Å². The lowest BCUT2D eigenvalue weighted by Crippen LogP contribution is -2.36. The van der Waals surface area contributed by atoms with Crippen molar-refractivity contribution in [3.05, 3.63) is 23.3 Å². The third-order valence-electron chi connectivity index (χ3n) is 3.16. The third kappa shape index (κ3) is 1.76. The lowest BCUT2D eigenvalue weighted by Gasteiger charge is -2.32. The second-order valence-electron chi connectivity index (χ2n) is 4.56. The van der Waals surface area contributed by atoms with Crippen LogP contribution in [0.25, 0.3) is 0 Å². The van der Waals surface area contributed by atoms with Crippen molar-refractivity contribution in [1.29, 1.82) is 0 Å². The van der Waals surface area contributed by atoms with Crippen molar-refractivity contribution in [3.63, 3.8) is 0 Å². The number of ether oxygens (including phenoxy) is 2. The highest BCUT2D eigenvalue weighted by Crippen LogP contribution is 2.37. The zero-order valence-corrected chi connectivity index (χ0v) is 10.3. The number of fused-ring (bicyclic) bond motifs is 1. The molecule has 0 saturated carbocycles. The van der Waals surface area contributed by atoms with Crippen LogP contribution in [0.4, 0.5) is 0 Å². The van der Waals surface area contributed by atoms with E-state index in [1.807, 2.05) is 0 Å². The highest BCUT2D eigenvalue weighted by Gasteiger charge is 2.29. The van der Waals surface area contributed by atoms with E-state index in [2.05, 4.69) is 31.3 Å². The van der Waals surface area contributed by atoms with Gasteiger partial charge in [0.2, 0.25) is 0 Å². The Morgan fingerprint density at radius 3 is 2.38 bits per heavy atom. The molecule has 1 aliphatic heterocycles. The smallest absolute Gasteiger partial charge is 0.161 e. The summed E-state index contributed by atoms with van der Waals surface area (Å²) in [6.07, 6.45) is 0.985. The van der Waals surface area contributed by atoms with Crippen LogP contribution in [-0.2, 0) is 12.0 Å². The van der Waals surface area contributed by atoms with Crippen LogP contribution in [-0.4, -0.2) is 20.8 Å². The number of nitrogens with zero attached hydrogens (tertiary/aromatic N) is 1. The zero-order chi connectivity index (χ0) is 11.8. The summed E-state index contributed by atoms with van der Waals surface area (Å²) in [7, 11) is 3.33. The van der Waals surface area contributed by atoms with E-state index in [1.54, 1.807) is 14.2 Å². The van der Waals surface area contributed by atoms with Crippen LogP contribution in [0.2, 0.25) is 0 Å². The van der Waals surface area contributed by atoms with Gasteiger partial charge in [0.15, 0.2) is 11.5 Å². The summed E-state index contributed by atoms with van der Waals surface area (Å²) in [5.74, 6) is 1.59. The lowest BCUT2D eigenvalue weighted by molar-refractivity contribution is 0.341. The normalized spacial score (nSPS) is 17.8. The summed E-state index contributed by atoms with van der Waals surface area (Å²) in [4.78, 5) is 0. The Bertz CT molecular complexity index is 399. The largest absolute Gasteiger partial charge is 0.493 e. The number of rotatable bonds is 2. The molecule has 3 nitrogen and oxygen atoms in total. The molecule has 0 unspecified atom stereocenters. The molecule has 2 rings (SSSR count). The maximum Gasteiger partial charge on any atom is 0.161 e. The molecule has 0 aromatic heterocycles. The molecule has 1 radical (unpaired) electrons. The van der Waals surface area contributed by atoms with Gasteiger partial charge in [-0.25, -0.2) is 5.32 Å². The second-order valence-corrected chi connectivity index (χ2v) is 4.56. The minimum atomic E-state index is -0.118. The number of hydrogen-bond acceptors (Lipinski definition) is 2. The minimum absolute atomic E-state index is 0.118. The first-order valence-corrected chi connectivity index (χ1v) is 5.52. The molecular formula is C13H18NO2. The van der Waals surface area contributed by atoms with Crippen molar-refractivity contribution in [3.8, 4) is 11.5 Å². The first kappa shape index (κ1) is 11.3. The molecule has 1 aliphatic rings. The van der Waals surface area contributed by atoms with E-state index >= 15 is 0 Å². The van der Waals surface area contributed by atoms with Gasteiger partial charge in [0.05, 0.1) is 19.8 Å². The van der Waals surface area contributed by atoms with Crippen LogP contribution >= 0.6 is 0 Å². The van der Waals surface area contributed by atoms with E-state index < -0.39 is 0 Å². The Hall–Kier alpha value is -1.22. The molecule has 1 aromatic rings. The molecule has 87 valence electrons. The molecule has 1 aromatic carbocycles. The Balaban J connectivity index is 2.55. The monoisotopic (exact) mass is 220 g/mol. The fourth-order valence-corrected chi connectivity index (χ4v) is 2.24. The van der Waals surface area contributed by atoms with Gasteiger partial charge >= 0.3 is 0 Å². The molecule has 16 heavy (non-hydrogen) atoms. The molecular weight excluding hydrogens is 202 g/mol. The summed E-state index contributed by atoms with van der Waals surface area (Å²) in [5.41, 5.74) is 2.45. The maximum absolute atomic E-state index is 5.33. The Morgan fingerprint density at radius 1 is 1.12 bits per heavy atom. The van der Waals surface area contributed by atoms with Gasteiger partial charge in [-0.15, -0.1) is 0 Å². The first-order valence-electron chi connectivity index (χ1n) is 5.52. The van der Waals surface area contributed by atoms with Gasteiger partial charge in [0.25, 0.3) is 0 Å². The van der Waals surface area contributed by atoms with E-state index in [0.717, 1.165) is 24.5 Å². The number of hydrogen-bond donors (Lipinski definition) is 0. The Morgan fingerprint density at radius 2 is 1.75 bits per heavy atom. The summed E-state index contributed by atoms with van der Waals surface area (Å²) in [5, 5.41) is 4.64. The highest BCUT2D eigenvalue weighted by atomic mass is 16.5. The molecule has 0 N–H and O–H groups in total. The van der Waals surface area contributed by atoms with Gasteiger partial charge < -0.3 is 9.47 Å². The molecule has 0 aliphatic carbocycles. The molecule has 0 bridgehead atoms. The minimum Gasteiger partial charge on any atom is -0.493 e. The predicted molar refractivity (Wildman–Crippen MR) is 63.3 cm³/mol. The number of methoxy groups -OCH3 is 2. The molecule has 1 heterocycles. The average molecular weight is 220 g/mol. The van der Waals surface area contributed by atoms with Gasteiger partial charge in [0.1, 0.15) is 0 Å². The van der Waals surface area contributed by atoms with Gasteiger partial charge in [0, 0.05) is 6.54 Å². The van der Waals surface area contributed by atoms with Crippen LogP contribution in [0.1, 0.15) is 25.0 Å². The van der Waals surface area contributed by atoms with Crippen molar-refractivity contribution in [1.82, 2.24) is 5.32 Å². The fourth-order valence-electron chi connectivity index (χ4n) is 2.24. The van der Waals surface area contributed by atoms with Crippen molar-refractivity contribution in [2.45, 2.75) is 25.8 Å². The van der Waals surface area contributed by atoms with Crippen LogP contribution < -0.4 is 14.8 Å². The van der Waals surface area contributed by atoms with Gasteiger partial charge in [-0.2, -0.15) is 0 Å². The van der Waals surface area contributed by atoms with Crippen LogP contribution in [0, 0.1) is 0 Å².